The summed E-state index contributed by atoms with van der Waals surface area (Å²) in [5, 5.41) is 2.70. The maximum Gasteiger partial charge on any atom is 0.322 e. The summed E-state index contributed by atoms with van der Waals surface area (Å²) in [6.45, 7) is 1.03. The number of hydrogen-bond donors (Lipinski definition) is 1. The molecule has 0 aliphatic heterocycles. The van der Waals surface area contributed by atoms with Crippen molar-refractivity contribution < 1.29 is 28.1 Å². The monoisotopic (exact) mass is 544 g/mol. The largest absolute Gasteiger partial charge is 0.493 e. The number of para-hydroxylation sites is 1. The van der Waals surface area contributed by atoms with Gasteiger partial charge in [-0.2, -0.15) is 0 Å². The highest BCUT2D eigenvalue weighted by Gasteiger charge is 2.18. The summed E-state index contributed by atoms with van der Waals surface area (Å²) in [6, 6.07) is 26.7. The normalized spacial score (nSPS) is 10.5. The smallest absolute Gasteiger partial charge is 0.322 e. The summed E-state index contributed by atoms with van der Waals surface area (Å²) in [6.07, 6.45) is 0.542. The van der Waals surface area contributed by atoms with Crippen molar-refractivity contribution in [3.8, 4) is 23.0 Å². The topological polar surface area (TPSA) is 69.3 Å². The molecular formula is C32H33FN2O5. The average Bonchev–Trinajstić information content (AvgIpc) is 2.99. The van der Waals surface area contributed by atoms with Crippen LogP contribution in [0.2, 0.25) is 0 Å². The highest BCUT2D eigenvalue weighted by molar-refractivity contribution is 5.89. The van der Waals surface area contributed by atoms with Crippen LogP contribution in [0.3, 0.4) is 0 Å². The van der Waals surface area contributed by atoms with Crippen molar-refractivity contribution in [2.24, 2.45) is 0 Å². The van der Waals surface area contributed by atoms with Crippen LogP contribution in [0.15, 0.2) is 91.0 Å². The van der Waals surface area contributed by atoms with E-state index in [1.54, 1.807) is 38.4 Å². The molecule has 0 heterocycles. The van der Waals surface area contributed by atoms with E-state index >= 15 is 0 Å². The maximum atomic E-state index is 14.3. The van der Waals surface area contributed by atoms with E-state index in [4.69, 9.17) is 18.9 Å². The fourth-order valence-corrected chi connectivity index (χ4v) is 4.19. The van der Waals surface area contributed by atoms with Gasteiger partial charge in [0.15, 0.2) is 23.0 Å². The first-order valence-corrected chi connectivity index (χ1v) is 12.9. The molecule has 2 amide bonds. The van der Waals surface area contributed by atoms with E-state index in [-0.39, 0.29) is 12.2 Å². The van der Waals surface area contributed by atoms with Gasteiger partial charge in [-0.15, -0.1) is 0 Å². The highest BCUT2D eigenvalue weighted by Crippen LogP contribution is 2.30. The molecule has 0 unspecified atom stereocenters. The van der Waals surface area contributed by atoms with E-state index in [0.717, 1.165) is 16.7 Å². The van der Waals surface area contributed by atoms with Gasteiger partial charge in [0.2, 0.25) is 0 Å². The standard InChI is InChI=1S/C32H33FN2O5/c1-37-28-15-13-23(19-30(28)38-2)17-18-35(32(36)34-27-12-8-7-11-26(27)33)21-25-14-16-29(31(20-25)39-3)40-22-24-9-5-4-6-10-24/h4-16,19-20H,17-18,21-22H2,1-3H3,(H,34,36). The quantitative estimate of drug-likeness (QED) is 0.215. The number of urea groups is 1. The number of benzene rings is 4. The number of ether oxygens (including phenoxy) is 4. The van der Waals surface area contributed by atoms with Crippen LogP contribution in [0.4, 0.5) is 14.9 Å². The van der Waals surface area contributed by atoms with Crippen LogP contribution < -0.4 is 24.3 Å². The molecule has 0 bridgehead atoms. The first-order valence-electron chi connectivity index (χ1n) is 12.9. The number of rotatable bonds is 12. The lowest BCUT2D eigenvalue weighted by Crippen LogP contribution is -2.36. The van der Waals surface area contributed by atoms with Crippen LogP contribution >= 0.6 is 0 Å². The molecule has 0 saturated heterocycles. The zero-order valence-electron chi connectivity index (χ0n) is 22.9. The van der Waals surface area contributed by atoms with E-state index in [1.807, 2.05) is 66.7 Å². The summed E-state index contributed by atoms with van der Waals surface area (Å²) in [4.78, 5) is 15.0. The first-order chi connectivity index (χ1) is 19.5. The summed E-state index contributed by atoms with van der Waals surface area (Å²) in [5.41, 5.74) is 2.95. The molecular weight excluding hydrogens is 511 g/mol. The van der Waals surface area contributed by atoms with Gasteiger partial charge in [0, 0.05) is 13.1 Å². The molecule has 0 aliphatic rings. The Hall–Kier alpha value is -4.72. The minimum atomic E-state index is -0.503. The molecule has 1 N–H and O–H groups in total. The number of halogens is 1. The molecule has 40 heavy (non-hydrogen) atoms. The second kappa shape index (κ2) is 13.9. The Balaban J connectivity index is 1.52. The van der Waals surface area contributed by atoms with Crippen LogP contribution in [0.1, 0.15) is 16.7 Å². The minimum absolute atomic E-state index is 0.117. The Morgan fingerprint density at radius 2 is 1.35 bits per heavy atom. The van der Waals surface area contributed by atoms with E-state index in [9.17, 15) is 9.18 Å². The molecule has 208 valence electrons. The van der Waals surface area contributed by atoms with Gasteiger partial charge in [0.1, 0.15) is 12.4 Å². The lowest BCUT2D eigenvalue weighted by Gasteiger charge is -2.24. The van der Waals surface area contributed by atoms with Crippen molar-refractivity contribution in [2.45, 2.75) is 19.6 Å². The molecule has 0 fully saturated rings. The van der Waals surface area contributed by atoms with E-state index < -0.39 is 11.8 Å². The lowest BCUT2D eigenvalue weighted by molar-refractivity contribution is 0.209. The Kier molecular flexibility index (Phi) is 9.83. The fourth-order valence-electron chi connectivity index (χ4n) is 4.19. The van der Waals surface area contributed by atoms with Crippen LogP contribution in [0.25, 0.3) is 0 Å². The Labute approximate surface area is 234 Å². The predicted molar refractivity (Wildman–Crippen MR) is 153 cm³/mol. The van der Waals surface area contributed by atoms with Gasteiger partial charge in [-0.1, -0.05) is 54.6 Å². The lowest BCUT2D eigenvalue weighted by atomic mass is 10.1. The molecule has 8 heteroatoms. The first kappa shape index (κ1) is 28.3. The molecule has 4 aromatic rings. The van der Waals surface area contributed by atoms with Gasteiger partial charge in [-0.05, 0) is 59.5 Å². The van der Waals surface area contributed by atoms with Crippen molar-refractivity contribution in [3.63, 3.8) is 0 Å². The van der Waals surface area contributed by atoms with E-state index in [0.29, 0.717) is 42.6 Å². The Morgan fingerprint density at radius 3 is 2.08 bits per heavy atom. The molecule has 0 aromatic heterocycles. The third-order valence-corrected chi connectivity index (χ3v) is 6.36. The number of carbonyl (C=O) groups is 1. The summed E-state index contributed by atoms with van der Waals surface area (Å²) in [7, 11) is 4.74. The van der Waals surface area contributed by atoms with E-state index in [1.165, 1.54) is 12.1 Å². The van der Waals surface area contributed by atoms with Crippen LogP contribution in [-0.4, -0.2) is 38.8 Å². The van der Waals surface area contributed by atoms with Crippen LogP contribution in [-0.2, 0) is 19.6 Å². The number of hydrogen-bond acceptors (Lipinski definition) is 5. The number of anilines is 1. The fraction of sp³-hybridized carbons (Fsp3) is 0.219. The van der Waals surface area contributed by atoms with Gasteiger partial charge in [0.25, 0.3) is 0 Å². The molecule has 0 saturated carbocycles. The number of nitrogens with zero attached hydrogens (tertiary/aromatic N) is 1. The van der Waals surface area contributed by atoms with Gasteiger partial charge in [-0.3, -0.25) is 0 Å². The maximum absolute atomic E-state index is 14.3. The molecule has 7 nitrogen and oxygen atoms in total. The summed E-state index contributed by atoms with van der Waals surface area (Å²) < 4.78 is 36.6. The number of carbonyl (C=O) groups excluding carboxylic acids is 1. The van der Waals surface area contributed by atoms with Crippen LogP contribution in [0, 0.1) is 5.82 Å². The number of amides is 2. The minimum Gasteiger partial charge on any atom is -0.493 e. The van der Waals surface area contributed by atoms with Gasteiger partial charge >= 0.3 is 6.03 Å². The predicted octanol–water partition coefficient (Wildman–Crippen LogP) is 6.71. The van der Waals surface area contributed by atoms with Crippen molar-refractivity contribution in [1.82, 2.24) is 4.90 Å². The summed E-state index contributed by atoms with van der Waals surface area (Å²) in [5.74, 6) is 1.89. The van der Waals surface area contributed by atoms with Crippen molar-refractivity contribution in [2.75, 3.05) is 33.2 Å². The van der Waals surface area contributed by atoms with Crippen molar-refractivity contribution >= 4 is 11.7 Å². The van der Waals surface area contributed by atoms with Crippen molar-refractivity contribution in [1.29, 1.82) is 0 Å². The second-order valence-electron chi connectivity index (χ2n) is 9.03. The molecule has 0 spiro atoms. The second-order valence-corrected chi connectivity index (χ2v) is 9.03. The number of methoxy groups -OCH3 is 3. The zero-order valence-corrected chi connectivity index (χ0v) is 22.9. The summed E-state index contributed by atoms with van der Waals surface area (Å²) >= 11 is 0. The van der Waals surface area contributed by atoms with E-state index in [2.05, 4.69) is 5.32 Å². The SMILES string of the molecule is COc1ccc(CCN(Cc2ccc(OCc3ccccc3)c(OC)c2)C(=O)Nc2ccccc2F)cc1OC. The Morgan fingerprint density at radius 1 is 0.725 bits per heavy atom. The zero-order chi connectivity index (χ0) is 28.3. The molecule has 0 radical (unpaired) electrons. The van der Waals surface area contributed by atoms with Crippen LogP contribution in [0.5, 0.6) is 23.0 Å². The molecule has 4 rings (SSSR count). The number of nitrogens with one attached hydrogen (secondary N) is 1. The third-order valence-electron chi connectivity index (χ3n) is 6.36. The molecule has 0 aliphatic carbocycles. The molecule has 0 atom stereocenters. The van der Waals surface area contributed by atoms with Crippen molar-refractivity contribution in [3.05, 3.63) is 114 Å². The highest BCUT2D eigenvalue weighted by atomic mass is 19.1. The Bertz CT molecular complexity index is 1410. The van der Waals surface area contributed by atoms with Gasteiger partial charge < -0.3 is 29.2 Å². The average molecular weight is 545 g/mol. The van der Waals surface area contributed by atoms with Gasteiger partial charge in [-0.25, -0.2) is 9.18 Å². The molecule has 4 aromatic carbocycles. The van der Waals surface area contributed by atoms with Gasteiger partial charge in [0.05, 0.1) is 27.0 Å². The third kappa shape index (κ3) is 7.44.